The number of amides is 4. The zero-order valence-electron chi connectivity index (χ0n) is 33.3. The molecular weight excluding hydrogens is 721 g/mol. The first kappa shape index (κ1) is 46.4. The summed E-state index contributed by atoms with van der Waals surface area (Å²) in [6.45, 7) is 14.7. The molecule has 0 aliphatic heterocycles. The van der Waals surface area contributed by atoms with Crippen molar-refractivity contribution in [2.75, 3.05) is 34.0 Å². The predicted octanol–water partition coefficient (Wildman–Crippen LogP) is 6.28. The summed E-state index contributed by atoms with van der Waals surface area (Å²) in [6.07, 6.45) is 1.35. The average Bonchev–Trinajstić information content (AvgIpc) is 3.13. The third-order valence-electron chi connectivity index (χ3n) is 8.17. The number of nitrogens with zero attached hydrogens (tertiary/aromatic N) is 1. The number of hydrogen-bond donors (Lipinski definition) is 3. The van der Waals surface area contributed by atoms with Gasteiger partial charge in [0.1, 0.15) is 17.4 Å². The second-order valence-corrected chi connectivity index (χ2v) is 13.6. The molecular formula is C42H60N4O8S. The summed E-state index contributed by atoms with van der Waals surface area (Å²) in [5.74, 6) is 0.915. The Morgan fingerprint density at radius 1 is 0.855 bits per heavy atom. The molecule has 3 N–H and O–H groups in total. The van der Waals surface area contributed by atoms with Crippen molar-refractivity contribution in [2.24, 2.45) is 0 Å². The van der Waals surface area contributed by atoms with Crippen LogP contribution in [0, 0.1) is 0 Å². The van der Waals surface area contributed by atoms with Crippen molar-refractivity contribution in [3.8, 4) is 17.2 Å². The molecule has 0 bridgehead atoms. The number of ether oxygens (including phenoxy) is 5. The first-order valence-electron chi connectivity index (χ1n) is 18.4. The molecule has 12 nitrogen and oxygen atoms in total. The van der Waals surface area contributed by atoms with E-state index in [-0.39, 0.29) is 50.9 Å². The van der Waals surface area contributed by atoms with E-state index in [1.54, 1.807) is 31.3 Å². The topological polar surface area (TPSA) is 137 Å². The van der Waals surface area contributed by atoms with Gasteiger partial charge in [0.05, 0.1) is 20.8 Å². The molecule has 13 heteroatoms. The summed E-state index contributed by atoms with van der Waals surface area (Å²) < 4.78 is 29.0. The van der Waals surface area contributed by atoms with E-state index in [9.17, 15) is 14.4 Å². The van der Waals surface area contributed by atoms with Crippen molar-refractivity contribution in [3.05, 3.63) is 102 Å². The number of hydrogen-bond acceptors (Lipinski definition) is 8. The van der Waals surface area contributed by atoms with Gasteiger partial charge in [0.15, 0.2) is 17.8 Å². The molecule has 55 heavy (non-hydrogen) atoms. The molecule has 4 amide bonds. The van der Waals surface area contributed by atoms with E-state index in [0.29, 0.717) is 49.0 Å². The Balaban J connectivity index is 0.0000105. The number of nitrogens with one attached hydrogen (secondary N) is 3. The molecule has 0 heterocycles. The van der Waals surface area contributed by atoms with E-state index in [4.69, 9.17) is 23.7 Å². The van der Waals surface area contributed by atoms with Crippen LogP contribution in [0.15, 0.2) is 85.5 Å². The molecule has 0 radical (unpaired) electrons. The van der Waals surface area contributed by atoms with Gasteiger partial charge < -0.3 is 44.5 Å². The Morgan fingerprint density at radius 2 is 1.53 bits per heavy atom. The SMILES string of the molecule is C=CC[C@H](CC(=O)N[C@@H](Cc1ccc(OC(C)(C)C)cc1)C(=O)N(Cc1cccc(OC)c1OC)CC(OCC)OCC)NC(=O)NCc1ccccc1.S. The summed E-state index contributed by atoms with van der Waals surface area (Å²) in [7, 11) is 3.10. The summed E-state index contributed by atoms with van der Waals surface area (Å²) in [5.41, 5.74) is 2.06. The highest BCUT2D eigenvalue weighted by atomic mass is 32.1. The highest BCUT2D eigenvalue weighted by molar-refractivity contribution is 7.59. The number of methoxy groups -OCH3 is 2. The second kappa shape index (κ2) is 23.9. The molecule has 0 unspecified atom stereocenters. The molecule has 0 aliphatic carbocycles. The van der Waals surface area contributed by atoms with E-state index in [1.165, 1.54) is 0 Å². The smallest absolute Gasteiger partial charge is 0.315 e. The number of para-hydroxylation sites is 1. The van der Waals surface area contributed by atoms with Crippen LogP contribution in [0.25, 0.3) is 0 Å². The Morgan fingerprint density at radius 3 is 2.11 bits per heavy atom. The molecule has 2 atom stereocenters. The van der Waals surface area contributed by atoms with Crippen LogP contribution in [0.2, 0.25) is 0 Å². The minimum atomic E-state index is -0.997. The normalized spacial score (nSPS) is 12.1. The molecule has 0 spiro atoms. The van der Waals surface area contributed by atoms with Gasteiger partial charge in [-0.3, -0.25) is 9.59 Å². The molecule has 0 aliphatic rings. The van der Waals surface area contributed by atoms with Gasteiger partial charge in [-0.1, -0.05) is 60.7 Å². The quantitative estimate of drug-likeness (QED) is 0.0801. The Labute approximate surface area is 333 Å². The minimum absolute atomic E-state index is 0. The number of urea groups is 1. The summed E-state index contributed by atoms with van der Waals surface area (Å²) in [5, 5.41) is 8.70. The van der Waals surface area contributed by atoms with Crippen molar-refractivity contribution in [3.63, 3.8) is 0 Å². The summed E-state index contributed by atoms with van der Waals surface area (Å²) in [6, 6.07) is 20.5. The van der Waals surface area contributed by atoms with Gasteiger partial charge in [0, 0.05) is 50.8 Å². The third kappa shape index (κ3) is 16.3. The lowest BCUT2D eigenvalue weighted by Gasteiger charge is -2.32. The van der Waals surface area contributed by atoms with Crippen molar-refractivity contribution in [2.45, 2.75) is 90.9 Å². The van der Waals surface area contributed by atoms with Crippen LogP contribution in [0.4, 0.5) is 4.79 Å². The Kier molecular flexibility index (Phi) is 20.2. The standard InChI is InChI=1S/C42H58N4O8.H2S/c1-9-16-33(44-41(49)43-27-31-17-13-12-14-18-31)26-37(47)45-35(25-30-21-23-34(24-22-30)54-42(4,5)6)40(48)46(29-38(52-10-2)53-11-3)28-32-19-15-20-36(50-7)39(32)51-8;/h9,12-15,17-24,33,35,38H,1,10-11,16,25-29H2,2-8H3,(H,45,47)(H2,43,44,49);1H2/t33-,35+;/m1./s1. The lowest BCUT2D eigenvalue weighted by molar-refractivity contribution is -0.161. The number of benzene rings is 3. The van der Waals surface area contributed by atoms with E-state index in [2.05, 4.69) is 22.5 Å². The van der Waals surface area contributed by atoms with Gasteiger partial charge in [-0.2, -0.15) is 13.5 Å². The van der Waals surface area contributed by atoms with Gasteiger partial charge in [0.25, 0.3) is 0 Å². The van der Waals surface area contributed by atoms with Crippen molar-refractivity contribution in [1.82, 2.24) is 20.9 Å². The van der Waals surface area contributed by atoms with Crippen LogP contribution in [0.5, 0.6) is 17.2 Å². The molecule has 0 saturated carbocycles. The zero-order valence-corrected chi connectivity index (χ0v) is 34.3. The van der Waals surface area contributed by atoms with Crippen LogP contribution < -0.4 is 30.2 Å². The van der Waals surface area contributed by atoms with Crippen molar-refractivity contribution < 1.29 is 38.1 Å². The van der Waals surface area contributed by atoms with Gasteiger partial charge in [-0.25, -0.2) is 4.79 Å². The fourth-order valence-corrected chi connectivity index (χ4v) is 5.81. The maximum atomic E-state index is 14.8. The van der Waals surface area contributed by atoms with Gasteiger partial charge in [-0.15, -0.1) is 6.58 Å². The summed E-state index contributed by atoms with van der Waals surface area (Å²) in [4.78, 5) is 43.0. The average molecular weight is 781 g/mol. The van der Waals surface area contributed by atoms with Gasteiger partial charge >= 0.3 is 6.03 Å². The largest absolute Gasteiger partial charge is 0.493 e. The number of carbonyl (C=O) groups excluding carboxylic acids is 3. The lowest BCUT2D eigenvalue weighted by atomic mass is 10.0. The van der Waals surface area contributed by atoms with Gasteiger partial charge in [0.2, 0.25) is 11.8 Å². The van der Waals surface area contributed by atoms with Crippen LogP contribution in [0.3, 0.4) is 0 Å². The first-order chi connectivity index (χ1) is 25.9. The predicted molar refractivity (Wildman–Crippen MR) is 220 cm³/mol. The van der Waals surface area contributed by atoms with Gasteiger partial charge in [-0.05, 0) is 70.4 Å². The maximum absolute atomic E-state index is 14.8. The van der Waals surface area contributed by atoms with E-state index in [1.807, 2.05) is 101 Å². The molecule has 3 aromatic carbocycles. The van der Waals surface area contributed by atoms with Crippen LogP contribution in [0.1, 0.15) is 64.2 Å². The summed E-state index contributed by atoms with van der Waals surface area (Å²) >= 11 is 0. The van der Waals surface area contributed by atoms with Crippen LogP contribution in [-0.2, 0) is 38.6 Å². The third-order valence-corrected chi connectivity index (χ3v) is 8.17. The van der Waals surface area contributed by atoms with E-state index >= 15 is 0 Å². The number of carbonyl (C=O) groups is 3. The molecule has 0 saturated heterocycles. The monoisotopic (exact) mass is 780 g/mol. The molecule has 302 valence electrons. The van der Waals surface area contributed by atoms with Crippen molar-refractivity contribution >= 4 is 31.3 Å². The first-order valence-corrected chi connectivity index (χ1v) is 18.4. The lowest BCUT2D eigenvalue weighted by Crippen LogP contribution is -2.52. The fourth-order valence-electron chi connectivity index (χ4n) is 5.81. The molecule has 3 rings (SSSR count). The van der Waals surface area contributed by atoms with E-state index < -0.39 is 30.3 Å². The maximum Gasteiger partial charge on any atom is 0.315 e. The van der Waals surface area contributed by atoms with E-state index in [0.717, 1.165) is 11.1 Å². The Hall–Kier alpha value is -4.72. The van der Waals surface area contributed by atoms with Crippen LogP contribution in [-0.4, -0.2) is 80.7 Å². The molecule has 3 aromatic rings. The number of rotatable bonds is 22. The zero-order chi connectivity index (χ0) is 39.5. The minimum Gasteiger partial charge on any atom is -0.493 e. The van der Waals surface area contributed by atoms with Crippen LogP contribution >= 0.6 is 13.5 Å². The second-order valence-electron chi connectivity index (χ2n) is 13.6. The van der Waals surface area contributed by atoms with Crippen molar-refractivity contribution in [1.29, 1.82) is 0 Å². The Bertz CT molecular complexity index is 1610. The molecule has 0 fully saturated rings. The highest BCUT2D eigenvalue weighted by Crippen LogP contribution is 2.32. The highest BCUT2D eigenvalue weighted by Gasteiger charge is 2.31. The fraction of sp³-hybridized carbons (Fsp3) is 0.452. The molecule has 0 aromatic heterocycles.